The molecule has 0 aromatic rings. The molecule has 2 saturated heterocycles. The van der Waals surface area contributed by atoms with E-state index in [1.165, 1.54) is 34.2 Å². The number of carbonyl (C=O) groups excluding carboxylic acids is 2. The summed E-state index contributed by atoms with van der Waals surface area (Å²) in [6.45, 7) is 0. The van der Waals surface area contributed by atoms with Crippen molar-refractivity contribution in [2.75, 3.05) is 7.11 Å². The first-order valence-electron chi connectivity index (χ1n) is 5.55. The lowest BCUT2D eigenvalue weighted by Crippen LogP contribution is -2.55. The van der Waals surface area contributed by atoms with Crippen LogP contribution in [-0.2, 0) is 19.2 Å². The number of thioether (sulfide) groups is 1. The van der Waals surface area contributed by atoms with Crippen molar-refractivity contribution in [1.82, 2.24) is 9.96 Å². The maximum Gasteiger partial charge on any atom is 0.353 e. The molecule has 19 heavy (non-hydrogen) atoms. The van der Waals surface area contributed by atoms with Crippen LogP contribution >= 0.6 is 11.8 Å². The van der Waals surface area contributed by atoms with Crippen LogP contribution in [0.3, 0.4) is 0 Å². The van der Waals surface area contributed by atoms with Gasteiger partial charge in [0.05, 0.1) is 19.6 Å². The molecule has 2 fully saturated rings. The minimum absolute atomic E-state index is 0.00503. The molecule has 0 bridgehead atoms. The summed E-state index contributed by atoms with van der Waals surface area (Å²) < 4.78 is 0. The Balaban J connectivity index is 1.75. The molecule has 0 saturated carbocycles. The van der Waals surface area contributed by atoms with Gasteiger partial charge in [-0.1, -0.05) is 0 Å². The molecule has 3 heterocycles. The van der Waals surface area contributed by atoms with Crippen molar-refractivity contribution in [2.45, 2.75) is 17.8 Å². The van der Waals surface area contributed by atoms with Gasteiger partial charge in [0.1, 0.15) is 11.1 Å². The molecule has 8 heteroatoms. The van der Waals surface area contributed by atoms with Crippen LogP contribution in [0.15, 0.2) is 22.8 Å². The first kappa shape index (κ1) is 12.2. The van der Waals surface area contributed by atoms with Gasteiger partial charge in [0, 0.05) is 11.0 Å². The highest BCUT2D eigenvalue weighted by molar-refractivity contribution is 8.03. The molecule has 2 amide bonds. The summed E-state index contributed by atoms with van der Waals surface area (Å²) in [5, 5.41) is 11.3. The predicted octanol–water partition coefficient (Wildman–Crippen LogP) is -0.0838. The fourth-order valence-corrected chi connectivity index (χ4v) is 3.41. The largest absolute Gasteiger partial charge is 0.477 e. The Hall–Kier alpha value is -1.80. The van der Waals surface area contributed by atoms with E-state index >= 15 is 0 Å². The lowest BCUT2D eigenvalue weighted by atomic mass is 9.97. The van der Waals surface area contributed by atoms with Gasteiger partial charge >= 0.3 is 5.97 Å². The summed E-state index contributed by atoms with van der Waals surface area (Å²) in [6.07, 6.45) is 1.99. The molecule has 100 valence electrons. The number of aliphatic carboxylic acids is 1. The monoisotopic (exact) mass is 282 g/mol. The molecule has 0 aliphatic carbocycles. The van der Waals surface area contributed by atoms with Crippen LogP contribution in [-0.4, -0.2) is 51.4 Å². The van der Waals surface area contributed by atoms with Gasteiger partial charge in [-0.05, 0) is 6.08 Å². The lowest BCUT2D eigenvalue weighted by Gasteiger charge is -2.41. The summed E-state index contributed by atoms with van der Waals surface area (Å²) in [5.41, 5.74) is 0.530. The van der Waals surface area contributed by atoms with Crippen LogP contribution in [0.4, 0.5) is 0 Å². The van der Waals surface area contributed by atoms with Gasteiger partial charge < -0.3 is 5.11 Å². The molecule has 0 spiro atoms. The molecule has 2 atom stereocenters. The number of rotatable bonds is 3. The highest BCUT2D eigenvalue weighted by Crippen LogP contribution is 2.45. The van der Waals surface area contributed by atoms with E-state index in [9.17, 15) is 14.4 Å². The Bertz CT molecular complexity index is 555. The van der Waals surface area contributed by atoms with Crippen LogP contribution in [0.5, 0.6) is 0 Å². The van der Waals surface area contributed by atoms with E-state index in [1.807, 2.05) is 0 Å². The fourth-order valence-electron chi connectivity index (χ4n) is 2.28. The predicted molar refractivity (Wildman–Crippen MR) is 64.3 cm³/mol. The standard InChI is InChI=1S/C11H10N2O5S/c1-18-13-5(3-8(13)14)2-6-9(15)12-7(11(16)17)4-19-10(6)12/h2,4-5,10H,3H2,1H3,(H,16,17)/b6-2+/t5-,10+/m0/s1. The number of fused-ring (bicyclic) bond motifs is 1. The second-order valence-electron chi connectivity index (χ2n) is 4.27. The highest BCUT2D eigenvalue weighted by atomic mass is 32.2. The molecule has 3 rings (SSSR count). The molecular weight excluding hydrogens is 272 g/mol. The molecular formula is C11H10N2O5S. The quantitative estimate of drug-likeness (QED) is 0.575. The molecule has 0 radical (unpaired) electrons. The molecule has 0 unspecified atom stereocenters. The van der Waals surface area contributed by atoms with E-state index in [0.717, 1.165) is 0 Å². The van der Waals surface area contributed by atoms with E-state index in [4.69, 9.17) is 9.94 Å². The zero-order chi connectivity index (χ0) is 13.7. The first-order valence-corrected chi connectivity index (χ1v) is 6.49. The van der Waals surface area contributed by atoms with E-state index in [1.54, 1.807) is 6.08 Å². The van der Waals surface area contributed by atoms with Gasteiger partial charge in [-0.2, -0.15) is 0 Å². The van der Waals surface area contributed by atoms with Crippen LogP contribution < -0.4 is 0 Å². The first-order chi connectivity index (χ1) is 9.04. The van der Waals surface area contributed by atoms with E-state index < -0.39 is 5.97 Å². The molecule has 0 aromatic heterocycles. The second-order valence-corrected chi connectivity index (χ2v) is 5.22. The number of hydroxylamine groups is 2. The number of carboxylic acids is 1. The SMILES string of the molecule is CON1C(=O)C[C@@H]1/C=C1\C(=O)N2C(C(=O)O)=CS[C@H]12. The Labute approximate surface area is 112 Å². The lowest BCUT2D eigenvalue weighted by molar-refractivity contribution is -0.208. The minimum atomic E-state index is -1.11. The number of nitrogens with zero attached hydrogens (tertiary/aromatic N) is 2. The van der Waals surface area contributed by atoms with Gasteiger partial charge in [-0.15, -0.1) is 11.8 Å². The molecule has 0 aromatic carbocycles. The van der Waals surface area contributed by atoms with Crippen molar-refractivity contribution in [1.29, 1.82) is 0 Å². The van der Waals surface area contributed by atoms with Gasteiger partial charge in [0.15, 0.2) is 0 Å². The van der Waals surface area contributed by atoms with Crippen molar-refractivity contribution >= 4 is 29.5 Å². The van der Waals surface area contributed by atoms with Gasteiger partial charge in [-0.3, -0.25) is 19.3 Å². The number of β-lactam (4-membered cyclic amide) rings is 2. The van der Waals surface area contributed by atoms with E-state index in [-0.39, 0.29) is 28.9 Å². The maximum atomic E-state index is 11.9. The van der Waals surface area contributed by atoms with Gasteiger partial charge in [-0.25, -0.2) is 9.86 Å². The molecule has 1 N–H and O–H groups in total. The Kier molecular flexibility index (Phi) is 2.64. The normalized spacial score (nSPS) is 31.0. The third-order valence-corrected chi connectivity index (χ3v) is 4.33. The summed E-state index contributed by atoms with van der Waals surface area (Å²) in [5.74, 6) is -1.56. The van der Waals surface area contributed by atoms with E-state index in [2.05, 4.69) is 0 Å². The Morgan fingerprint density at radius 3 is 2.89 bits per heavy atom. The van der Waals surface area contributed by atoms with Gasteiger partial charge in [0.2, 0.25) is 5.91 Å². The summed E-state index contributed by atoms with van der Waals surface area (Å²) in [7, 11) is 1.39. The third-order valence-electron chi connectivity index (χ3n) is 3.25. The number of hydrogen-bond acceptors (Lipinski definition) is 5. The zero-order valence-corrected chi connectivity index (χ0v) is 10.7. The van der Waals surface area contributed by atoms with Crippen molar-refractivity contribution in [3.05, 3.63) is 22.8 Å². The van der Waals surface area contributed by atoms with Crippen molar-refractivity contribution in [2.24, 2.45) is 0 Å². The Morgan fingerprint density at radius 2 is 2.32 bits per heavy atom. The zero-order valence-electron chi connectivity index (χ0n) is 9.90. The van der Waals surface area contributed by atoms with Crippen LogP contribution in [0.2, 0.25) is 0 Å². The van der Waals surface area contributed by atoms with Crippen molar-refractivity contribution in [3.63, 3.8) is 0 Å². The average Bonchev–Trinajstić information content (AvgIpc) is 2.74. The summed E-state index contributed by atoms with van der Waals surface area (Å²) >= 11 is 1.28. The summed E-state index contributed by atoms with van der Waals surface area (Å²) in [4.78, 5) is 40.1. The third kappa shape index (κ3) is 1.60. The van der Waals surface area contributed by atoms with E-state index in [0.29, 0.717) is 12.0 Å². The molecule has 3 aliphatic heterocycles. The van der Waals surface area contributed by atoms with Crippen molar-refractivity contribution in [3.8, 4) is 0 Å². The second kappa shape index (κ2) is 4.10. The molecule has 3 aliphatic rings. The van der Waals surface area contributed by atoms with Crippen LogP contribution in [0, 0.1) is 0 Å². The number of carbonyl (C=O) groups is 3. The maximum absolute atomic E-state index is 11.9. The minimum Gasteiger partial charge on any atom is -0.477 e. The smallest absolute Gasteiger partial charge is 0.353 e. The van der Waals surface area contributed by atoms with Crippen LogP contribution in [0.1, 0.15) is 6.42 Å². The topological polar surface area (TPSA) is 87.2 Å². The summed E-state index contributed by atoms with van der Waals surface area (Å²) in [6, 6.07) is -0.243. The average molecular weight is 282 g/mol. The molecule has 7 nitrogen and oxygen atoms in total. The number of carboxylic acid groups (broad SMARTS) is 1. The number of amides is 2. The number of hydrogen-bond donors (Lipinski definition) is 1. The fraction of sp³-hybridized carbons (Fsp3) is 0.364. The Morgan fingerprint density at radius 1 is 1.58 bits per heavy atom. The van der Waals surface area contributed by atoms with Gasteiger partial charge in [0.25, 0.3) is 5.91 Å². The highest BCUT2D eigenvalue weighted by Gasteiger charge is 2.50. The van der Waals surface area contributed by atoms with Crippen LogP contribution in [0.25, 0.3) is 0 Å². The van der Waals surface area contributed by atoms with Crippen molar-refractivity contribution < 1.29 is 24.3 Å².